The largest absolute Gasteiger partial charge is 0.312 e. The topological polar surface area (TPSA) is 12.0 Å². The van der Waals surface area contributed by atoms with Gasteiger partial charge in [-0.1, -0.05) is 0 Å². The maximum absolute atomic E-state index is 5.48. The molecule has 0 amide bonds. The van der Waals surface area contributed by atoms with E-state index in [9.17, 15) is 0 Å². The number of nitrogens with one attached hydrogen (secondary N) is 1. The standard InChI is InChI=1S/C5H11Cl2N/c1-5(4-7)8-3-2-6/h5,8H,2-4H2,1H3. The highest BCUT2D eigenvalue weighted by atomic mass is 35.5. The van der Waals surface area contributed by atoms with Gasteiger partial charge >= 0.3 is 0 Å². The fourth-order valence-corrected chi connectivity index (χ4v) is 0.574. The fourth-order valence-electron chi connectivity index (χ4n) is 0.356. The Bertz CT molecular complexity index is 49.7. The molecule has 0 spiro atoms. The predicted octanol–water partition coefficient (Wildman–Crippen LogP) is 1.44. The molecule has 8 heavy (non-hydrogen) atoms. The maximum Gasteiger partial charge on any atom is 0.0374 e. The molecular weight excluding hydrogens is 145 g/mol. The lowest BCUT2D eigenvalue weighted by Crippen LogP contribution is -2.28. The summed E-state index contributed by atoms with van der Waals surface area (Å²) < 4.78 is 0. The van der Waals surface area contributed by atoms with E-state index in [1.807, 2.05) is 6.92 Å². The molecule has 1 unspecified atom stereocenters. The third kappa shape index (κ3) is 4.69. The van der Waals surface area contributed by atoms with Gasteiger partial charge in [-0.25, -0.2) is 0 Å². The van der Waals surface area contributed by atoms with E-state index < -0.39 is 0 Å². The highest BCUT2D eigenvalue weighted by Gasteiger charge is 1.94. The van der Waals surface area contributed by atoms with E-state index in [1.165, 1.54) is 0 Å². The molecule has 0 saturated heterocycles. The molecule has 0 radical (unpaired) electrons. The van der Waals surface area contributed by atoms with Crippen molar-refractivity contribution >= 4 is 23.2 Å². The monoisotopic (exact) mass is 155 g/mol. The number of alkyl halides is 2. The van der Waals surface area contributed by atoms with Gasteiger partial charge in [0.25, 0.3) is 0 Å². The minimum absolute atomic E-state index is 0.385. The van der Waals surface area contributed by atoms with Crippen molar-refractivity contribution in [3.8, 4) is 0 Å². The summed E-state index contributed by atoms with van der Waals surface area (Å²) in [5.74, 6) is 1.30. The van der Waals surface area contributed by atoms with E-state index in [-0.39, 0.29) is 0 Å². The molecule has 0 heterocycles. The van der Waals surface area contributed by atoms with Crippen molar-refractivity contribution in [3.63, 3.8) is 0 Å². The molecule has 50 valence electrons. The Kier molecular flexibility index (Phi) is 6.06. The van der Waals surface area contributed by atoms with Crippen LogP contribution >= 0.6 is 23.2 Å². The molecule has 0 aliphatic heterocycles. The zero-order valence-corrected chi connectivity index (χ0v) is 6.47. The van der Waals surface area contributed by atoms with Crippen LogP contribution in [0.25, 0.3) is 0 Å². The molecule has 0 bridgehead atoms. The Balaban J connectivity index is 2.86. The lowest BCUT2D eigenvalue weighted by molar-refractivity contribution is 0.620. The summed E-state index contributed by atoms with van der Waals surface area (Å²) in [6, 6.07) is 0.385. The normalized spacial score (nSPS) is 13.9. The Hall–Kier alpha value is 0.540. The SMILES string of the molecule is CC(CCl)NCCCl. The average Bonchev–Trinajstić information content (AvgIpc) is 1.83. The zero-order chi connectivity index (χ0) is 6.41. The summed E-state index contributed by atoms with van der Waals surface area (Å²) in [5.41, 5.74) is 0. The summed E-state index contributed by atoms with van der Waals surface area (Å²) >= 11 is 10.9. The van der Waals surface area contributed by atoms with Crippen molar-refractivity contribution in [2.24, 2.45) is 0 Å². The van der Waals surface area contributed by atoms with Gasteiger partial charge in [0.15, 0.2) is 0 Å². The van der Waals surface area contributed by atoms with Gasteiger partial charge in [0, 0.05) is 24.3 Å². The van der Waals surface area contributed by atoms with E-state index in [4.69, 9.17) is 23.2 Å². The minimum atomic E-state index is 0.385. The first-order chi connectivity index (χ1) is 3.81. The molecule has 0 saturated carbocycles. The van der Waals surface area contributed by atoms with Crippen LogP contribution in [0.5, 0.6) is 0 Å². The van der Waals surface area contributed by atoms with E-state index in [1.54, 1.807) is 0 Å². The zero-order valence-electron chi connectivity index (χ0n) is 4.95. The van der Waals surface area contributed by atoms with Crippen LogP contribution in [0.15, 0.2) is 0 Å². The Morgan fingerprint density at radius 2 is 2.12 bits per heavy atom. The Morgan fingerprint density at radius 1 is 1.50 bits per heavy atom. The second kappa shape index (κ2) is 5.67. The second-order valence-corrected chi connectivity index (χ2v) is 2.39. The smallest absolute Gasteiger partial charge is 0.0374 e. The first kappa shape index (κ1) is 8.54. The molecule has 0 aromatic rings. The summed E-state index contributed by atoms with van der Waals surface area (Å²) in [4.78, 5) is 0. The van der Waals surface area contributed by atoms with Gasteiger partial charge in [0.05, 0.1) is 0 Å². The average molecular weight is 156 g/mol. The molecule has 1 N–H and O–H groups in total. The lowest BCUT2D eigenvalue weighted by atomic mass is 10.4. The van der Waals surface area contributed by atoms with Crippen LogP contribution < -0.4 is 5.32 Å². The molecule has 1 atom stereocenters. The molecule has 0 aliphatic carbocycles. The van der Waals surface area contributed by atoms with Gasteiger partial charge < -0.3 is 5.32 Å². The van der Waals surface area contributed by atoms with E-state index >= 15 is 0 Å². The van der Waals surface area contributed by atoms with Crippen molar-refractivity contribution < 1.29 is 0 Å². The molecule has 0 fully saturated rings. The van der Waals surface area contributed by atoms with Crippen molar-refractivity contribution in [1.29, 1.82) is 0 Å². The summed E-state index contributed by atoms with van der Waals surface area (Å²) in [6.45, 7) is 2.87. The van der Waals surface area contributed by atoms with Crippen molar-refractivity contribution in [1.82, 2.24) is 5.32 Å². The molecule has 3 heteroatoms. The highest BCUT2D eigenvalue weighted by Crippen LogP contribution is 1.84. The van der Waals surface area contributed by atoms with Gasteiger partial charge in [0.2, 0.25) is 0 Å². The van der Waals surface area contributed by atoms with Gasteiger partial charge in [0.1, 0.15) is 0 Å². The van der Waals surface area contributed by atoms with Gasteiger partial charge in [-0.05, 0) is 6.92 Å². The molecule has 0 rings (SSSR count). The first-order valence-corrected chi connectivity index (χ1v) is 3.73. The van der Waals surface area contributed by atoms with Crippen LogP contribution in [-0.4, -0.2) is 24.3 Å². The van der Waals surface area contributed by atoms with Crippen LogP contribution in [0.3, 0.4) is 0 Å². The van der Waals surface area contributed by atoms with Crippen molar-refractivity contribution in [2.75, 3.05) is 18.3 Å². The van der Waals surface area contributed by atoms with Crippen LogP contribution in [-0.2, 0) is 0 Å². The van der Waals surface area contributed by atoms with Crippen molar-refractivity contribution in [2.45, 2.75) is 13.0 Å². The fraction of sp³-hybridized carbons (Fsp3) is 1.00. The van der Waals surface area contributed by atoms with E-state index in [0.717, 1.165) is 6.54 Å². The summed E-state index contributed by atoms with van der Waals surface area (Å²) in [7, 11) is 0. The van der Waals surface area contributed by atoms with Crippen LogP contribution in [0.1, 0.15) is 6.92 Å². The number of halogens is 2. The van der Waals surface area contributed by atoms with Gasteiger partial charge in [-0.3, -0.25) is 0 Å². The van der Waals surface area contributed by atoms with Crippen molar-refractivity contribution in [3.05, 3.63) is 0 Å². The maximum atomic E-state index is 5.48. The summed E-state index contributed by atoms with van der Waals surface area (Å²) in [5, 5.41) is 3.12. The highest BCUT2D eigenvalue weighted by molar-refractivity contribution is 6.18. The molecular formula is C5H11Cl2N. The van der Waals surface area contributed by atoms with Crippen LogP contribution in [0.4, 0.5) is 0 Å². The number of hydrogen-bond acceptors (Lipinski definition) is 1. The van der Waals surface area contributed by atoms with Gasteiger partial charge in [-0.2, -0.15) is 0 Å². The number of rotatable bonds is 4. The third-order valence-electron chi connectivity index (χ3n) is 0.819. The molecule has 1 nitrogen and oxygen atoms in total. The predicted molar refractivity (Wildman–Crippen MR) is 38.9 cm³/mol. The minimum Gasteiger partial charge on any atom is -0.312 e. The van der Waals surface area contributed by atoms with E-state index in [2.05, 4.69) is 5.32 Å². The quantitative estimate of drug-likeness (QED) is 0.607. The number of hydrogen-bond donors (Lipinski definition) is 1. The summed E-state index contributed by atoms with van der Waals surface area (Å²) in [6.07, 6.45) is 0. The Morgan fingerprint density at radius 3 is 2.50 bits per heavy atom. The first-order valence-electron chi connectivity index (χ1n) is 2.66. The molecule has 0 aliphatic rings. The van der Waals surface area contributed by atoms with E-state index in [0.29, 0.717) is 17.8 Å². The third-order valence-corrected chi connectivity index (χ3v) is 1.47. The van der Waals surface area contributed by atoms with Crippen LogP contribution in [0.2, 0.25) is 0 Å². The molecule has 0 aromatic carbocycles. The molecule has 0 aromatic heterocycles. The Labute approximate surface area is 60.4 Å². The lowest BCUT2D eigenvalue weighted by Gasteiger charge is -2.06. The van der Waals surface area contributed by atoms with Crippen LogP contribution in [0, 0.1) is 0 Å². The van der Waals surface area contributed by atoms with Gasteiger partial charge in [-0.15, -0.1) is 23.2 Å². The second-order valence-electron chi connectivity index (χ2n) is 1.70.